The van der Waals surface area contributed by atoms with Crippen molar-refractivity contribution < 1.29 is 48.8 Å². The molecule has 0 aliphatic carbocycles. The Bertz CT molecular complexity index is 1210. The van der Waals surface area contributed by atoms with E-state index in [1.807, 2.05) is 0 Å². The molecule has 0 aliphatic heterocycles. The number of aromatic hydroxyl groups is 6. The van der Waals surface area contributed by atoms with Gasteiger partial charge in [-0.15, -0.1) is 0 Å². The van der Waals surface area contributed by atoms with Gasteiger partial charge in [-0.3, -0.25) is 0 Å². The Hall–Kier alpha value is -3.91. The predicted molar refractivity (Wildman–Crippen MR) is 127 cm³/mol. The Kier molecular flexibility index (Phi) is 6.64. The summed E-state index contributed by atoms with van der Waals surface area (Å²) in [4.78, 5) is 0. The zero-order chi connectivity index (χ0) is 26.4. The molecular weight excluding hydrogens is 479 g/mol. The van der Waals surface area contributed by atoms with Gasteiger partial charge < -0.3 is 44.2 Å². The van der Waals surface area contributed by atoms with Crippen LogP contribution in [0.15, 0.2) is 18.2 Å². The summed E-state index contributed by atoms with van der Waals surface area (Å²) in [6.45, 7) is 9.12. The van der Waals surface area contributed by atoms with Gasteiger partial charge in [0.25, 0.3) is 0 Å². The zero-order valence-electron chi connectivity index (χ0n) is 20.0. The van der Waals surface area contributed by atoms with E-state index in [4.69, 9.17) is 13.6 Å². The molecule has 0 amide bonds. The Morgan fingerprint density at radius 2 is 0.714 bits per heavy atom. The predicted octanol–water partition coefficient (Wildman–Crippen LogP) is 5.42. The largest absolute Gasteiger partial charge is 0.647 e. The van der Waals surface area contributed by atoms with Crippen LogP contribution in [0.1, 0.15) is 33.4 Å². The first-order valence-electron chi connectivity index (χ1n) is 10.4. The average Bonchev–Trinajstić information content (AvgIpc) is 2.80. The van der Waals surface area contributed by atoms with Crippen molar-refractivity contribution in [1.82, 2.24) is 0 Å². The van der Waals surface area contributed by atoms with Crippen LogP contribution in [0.2, 0.25) is 0 Å². The van der Waals surface area contributed by atoms with Gasteiger partial charge in [0.15, 0.2) is 34.5 Å². The van der Waals surface area contributed by atoms with Gasteiger partial charge in [0.2, 0.25) is 0 Å². The van der Waals surface area contributed by atoms with Crippen LogP contribution in [0.4, 0.5) is 0 Å². The number of hydrogen-bond donors (Lipinski definition) is 6. The monoisotopic (exact) mass is 506 g/mol. The van der Waals surface area contributed by atoms with E-state index in [0.717, 1.165) is 18.2 Å². The third-order valence-electron chi connectivity index (χ3n) is 6.04. The fourth-order valence-electron chi connectivity index (χ4n) is 3.19. The molecule has 3 rings (SSSR count). The molecule has 0 atom stereocenters. The lowest BCUT2D eigenvalue weighted by Gasteiger charge is -2.23. The highest BCUT2D eigenvalue weighted by Gasteiger charge is 2.38. The highest BCUT2D eigenvalue weighted by molar-refractivity contribution is 7.49. The topological polar surface area (TPSA) is 166 Å². The van der Waals surface area contributed by atoms with Crippen LogP contribution in [0.3, 0.4) is 0 Å². The Balaban J connectivity index is 2.18. The molecule has 0 saturated heterocycles. The summed E-state index contributed by atoms with van der Waals surface area (Å²) in [7, 11) is -4.94. The van der Waals surface area contributed by atoms with E-state index in [0.29, 0.717) is 16.7 Å². The van der Waals surface area contributed by atoms with Crippen LogP contribution < -0.4 is 13.6 Å². The first-order valence-corrected chi connectivity index (χ1v) is 11.9. The van der Waals surface area contributed by atoms with E-state index in [-0.39, 0.29) is 33.9 Å². The van der Waals surface area contributed by atoms with Crippen LogP contribution in [-0.2, 0) is 4.57 Å². The minimum atomic E-state index is -4.94. The van der Waals surface area contributed by atoms with Crippen LogP contribution in [-0.4, -0.2) is 30.6 Å². The number of phenolic OH excluding ortho intramolecular Hbond substituents is 6. The van der Waals surface area contributed by atoms with Crippen molar-refractivity contribution in [2.24, 2.45) is 0 Å². The Morgan fingerprint density at radius 3 is 0.943 bits per heavy atom. The molecule has 188 valence electrons. The van der Waals surface area contributed by atoms with Crippen molar-refractivity contribution in [2.75, 3.05) is 0 Å². The van der Waals surface area contributed by atoms with Crippen molar-refractivity contribution >= 4 is 7.82 Å². The SMILES string of the molecule is Cc1c(O)cc(OP(=O)(Oc2cc(O)c(C)c(C)c2O)Oc2cc(O)c(C)c(C)c2O)c(O)c1C. The lowest BCUT2D eigenvalue weighted by Crippen LogP contribution is -2.09. The molecule has 0 radical (unpaired) electrons. The third kappa shape index (κ3) is 4.70. The van der Waals surface area contributed by atoms with Crippen molar-refractivity contribution in [2.45, 2.75) is 41.5 Å². The summed E-state index contributed by atoms with van der Waals surface area (Å²) in [6, 6.07) is 2.98. The molecule has 3 aromatic carbocycles. The Morgan fingerprint density at radius 1 is 0.486 bits per heavy atom. The van der Waals surface area contributed by atoms with Crippen molar-refractivity contribution in [3.63, 3.8) is 0 Å². The van der Waals surface area contributed by atoms with Gasteiger partial charge in [0.1, 0.15) is 17.2 Å². The molecule has 0 spiro atoms. The van der Waals surface area contributed by atoms with E-state index >= 15 is 0 Å². The maximum absolute atomic E-state index is 13.9. The van der Waals surface area contributed by atoms with Crippen molar-refractivity contribution in [3.05, 3.63) is 51.6 Å². The van der Waals surface area contributed by atoms with E-state index in [9.17, 15) is 35.2 Å². The van der Waals surface area contributed by atoms with E-state index in [2.05, 4.69) is 0 Å². The molecule has 0 aromatic heterocycles. The fourth-order valence-corrected chi connectivity index (χ4v) is 4.44. The highest BCUT2D eigenvalue weighted by Crippen LogP contribution is 2.57. The van der Waals surface area contributed by atoms with Gasteiger partial charge >= 0.3 is 7.82 Å². The number of phosphoric acid groups is 1. The molecule has 6 N–H and O–H groups in total. The summed E-state index contributed by atoms with van der Waals surface area (Å²) in [5.41, 5.74) is 1.72. The van der Waals surface area contributed by atoms with Crippen LogP contribution >= 0.6 is 7.82 Å². The summed E-state index contributed by atoms with van der Waals surface area (Å²) in [5.74, 6) is -3.66. The maximum atomic E-state index is 13.9. The summed E-state index contributed by atoms with van der Waals surface area (Å²) < 4.78 is 30.1. The molecular formula is C24H27O10P. The van der Waals surface area contributed by atoms with E-state index in [1.54, 1.807) is 20.8 Å². The molecule has 0 saturated carbocycles. The lowest BCUT2D eigenvalue weighted by atomic mass is 10.1. The molecule has 35 heavy (non-hydrogen) atoms. The molecule has 11 heteroatoms. The smallest absolute Gasteiger partial charge is 0.508 e. The van der Waals surface area contributed by atoms with Crippen LogP contribution in [0.5, 0.6) is 51.7 Å². The number of rotatable bonds is 6. The van der Waals surface area contributed by atoms with Gasteiger partial charge in [-0.05, 0) is 58.2 Å². The second kappa shape index (κ2) is 9.03. The van der Waals surface area contributed by atoms with Gasteiger partial charge in [0.05, 0.1) is 0 Å². The lowest BCUT2D eigenvalue weighted by molar-refractivity contribution is 0.279. The number of phenols is 6. The number of hydrogen-bond acceptors (Lipinski definition) is 10. The Labute approximate surface area is 201 Å². The van der Waals surface area contributed by atoms with Gasteiger partial charge in [-0.2, -0.15) is 4.57 Å². The van der Waals surface area contributed by atoms with Crippen molar-refractivity contribution in [1.29, 1.82) is 0 Å². The molecule has 3 aromatic rings. The van der Waals surface area contributed by atoms with E-state index in [1.165, 1.54) is 20.8 Å². The van der Waals surface area contributed by atoms with Crippen LogP contribution in [0, 0.1) is 41.5 Å². The minimum Gasteiger partial charge on any atom is -0.508 e. The zero-order valence-corrected chi connectivity index (χ0v) is 20.9. The second-order valence-corrected chi connectivity index (χ2v) is 9.64. The fraction of sp³-hybridized carbons (Fsp3) is 0.250. The first kappa shape index (κ1) is 25.7. The molecule has 0 bridgehead atoms. The van der Waals surface area contributed by atoms with E-state index < -0.39 is 42.3 Å². The highest BCUT2D eigenvalue weighted by atomic mass is 31.2. The number of benzene rings is 3. The third-order valence-corrected chi connectivity index (χ3v) is 7.30. The molecule has 0 aliphatic rings. The first-order chi connectivity index (χ1) is 16.2. The minimum absolute atomic E-state index is 0.227. The quantitative estimate of drug-likeness (QED) is 0.188. The molecule has 0 fully saturated rings. The average molecular weight is 506 g/mol. The summed E-state index contributed by atoms with van der Waals surface area (Å²) >= 11 is 0. The number of phosphoric ester groups is 1. The van der Waals surface area contributed by atoms with Gasteiger partial charge in [-0.25, -0.2) is 0 Å². The molecule has 0 heterocycles. The summed E-state index contributed by atoms with van der Waals surface area (Å²) in [5, 5.41) is 62.0. The van der Waals surface area contributed by atoms with Crippen LogP contribution in [0.25, 0.3) is 0 Å². The molecule has 10 nitrogen and oxygen atoms in total. The normalized spacial score (nSPS) is 11.4. The van der Waals surface area contributed by atoms with Gasteiger partial charge in [-0.1, -0.05) is 0 Å². The summed E-state index contributed by atoms with van der Waals surface area (Å²) in [6.07, 6.45) is 0. The van der Waals surface area contributed by atoms with Crippen molar-refractivity contribution in [3.8, 4) is 51.7 Å². The standard InChI is InChI=1S/C24H27O10P/c1-10-13(4)22(28)19(7-16(10)25)32-35(31,33-20-8-17(26)11(2)14(5)23(20)29)34-21-9-18(27)12(3)15(6)24(21)30/h7-9,25-30H,1-6H3. The second-order valence-electron chi connectivity index (χ2n) is 8.20. The molecule has 0 unspecified atom stereocenters. The maximum Gasteiger partial charge on any atom is 0.647 e. The van der Waals surface area contributed by atoms with Gasteiger partial charge in [0, 0.05) is 34.9 Å².